The van der Waals surface area contributed by atoms with Crippen molar-refractivity contribution in [3.63, 3.8) is 0 Å². The second kappa shape index (κ2) is 193. The molecule has 0 bridgehead atoms. The first-order valence-electron chi connectivity index (χ1n) is 0. The molecule has 0 unspecified atom stereocenters. The zero-order chi connectivity index (χ0) is 0. The third-order valence-corrected chi connectivity index (χ3v) is 0. The van der Waals surface area contributed by atoms with Crippen molar-refractivity contribution < 1.29 is 47.1 Å². The van der Waals surface area contributed by atoms with E-state index in [0.29, 0.717) is 0 Å². The molecule has 9 heavy (non-hydrogen) atoms. The van der Waals surface area contributed by atoms with Crippen LogP contribution < -0.4 is 47.1 Å². The van der Waals surface area contributed by atoms with Crippen LogP contribution in [0.1, 0.15) is 0 Å². The van der Waals surface area contributed by atoms with Crippen molar-refractivity contribution >= 4 is 57.5 Å². The first kappa shape index (κ1) is 261. The molecule has 0 aliphatic heterocycles. The van der Waals surface area contributed by atoms with Gasteiger partial charge in [0.15, 0.2) is 0 Å². The number of hydrogen-bond donors (Lipinski definition) is 0. The molecule has 0 radical (unpaired) electrons. The summed E-state index contributed by atoms with van der Waals surface area (Å²) in [6.07, 6.45) is 0. The van der Waals surface area contributed by atoms with Gasteiger partial charge in [0.25, 0.3) is 0 Å². The molecule has 0 aromatic carbocycles. The second-order valence-corrected chi connectivity index (χ2v) is 0. The predicted octanol–water partition coefficient (Wildman–Crippen LogP) is -21.7. The van der Waals surface area contributed by atoms with E-state index in [4.69, 9.17) is 0 Å². The summed E-state index contributed by atoms with van der Waals surface area (Å²) >= 11 is 0. The zero-order valence-corrected chi connectivity index (χ0v) is 9.18. The van der Waals surface area contributed by atoms with Crippen molar-refractivity contribution in [2.24, 2.45) is 0 Å². The predicted molar refractivity (Wildman–Crippen MR) is 11.5 cm³/mol. The standard InChI is InChI=1S/Ca.6FH.Ga.Li/h;6*1H;;/q+2;;;;;;;+3;+1/p-6. The Bertz CT molecular complexity index is 13.0. The van der Waals surface area contributed by atoms with Crippen LogP contribution in [-0.2, 0) is 0 Å². The molecule has 0 aromatic rings. The number of rotatable bonds is 0. The smallest absolute Gasteiger partial charge is 1.00 e. The van der Waals surface area contributed by atoms with Gasteiger partial charge in [0.1, 0.15) is 0 Å². The van der Waals surface area contributed by atoms with Gasteiger partial charge in [0, 0.05) is 0 Å². The van der Waals surface area contributed by atoms with Crippen molar-refractivity contribution in [2.45, 2.75) is 0 Å². The molecule has 0 aromatic heterocycles. The van der Waals surface area contributed by atoms with Crippen LogP contribution in [0.2, 0.25) is 0 Å². The first-order chi connectivity index (χ1) is 0. The minimum Gasteiger partial charge on any atom is -1.00 e. The molecule has 9 heteroatoms. The average molecular weight is 231 g/mol. The second-order valence-electron chi connectivity index (χ2n) is 0. The quantitative estimate of drug-likeness (QED) is 0.287. The Morgan fingerprint density at radius 3 is 0.444 bits per heavy atom. The van der Waals surface area contributed by atoms with Gasteiger partial charge in [0.05, 0.1) is 0 Å². The van der Waals surface area contributed by atoms with Gasteiger partial charge in [-0.25, -0.2) is 0 Å². The summed E-state index contributed by atoms with van der Waals surface area (Å²) in [6, 6.07) is 0. The van der Waals surface area contributed by atoms with Crippen molar-refractivity contribution in [2.75, 3.05) is 0 Å². The monoisotopic (exact) mass is 230 g/mol. The molecule has 0 spiro atoms. The molecule has 0 rings (SSSR count). The van der Waals surface area contributed by atoms with Crippen LogP contribution in [0.5, 0.6) is 0 Å². The Kier molecular flexibility index (Phi) is 5600. The first-order valence-corrected chi connectivity index (χ1v) is 0. The largest absolute Gasteiger partial charge is 3.00 e. The van der Waals surface area contributed by atoms with Gasteiger partial charge in [-0.15, -0.1) is 0 Å². The maximum Gasteiger partial charge on any atom is 3.00 e. The Hall–Kier alpha value is 2.07. The molecular formula is CaF6GaLi. The Balaban J connectivity index is 0. The molecule has 0 fully saturated rings. The molecule has 48 valence electrons. The van der Waals surface area contributed by atoms with Crippen LogP contribution in [0, 0.1) is 0 Å². The van der Waals surface area contributed by atoms with Gasteiger partial charge in [-0.3, -0.25) is 0 Å². The topological polar surface area (TPSA) is 0 Å². The third-order valence-electron chi connectivity index (χ3n) is 0. The van der Waals surface area contributed by atoms with Crippen molar-refractivity contribution in [3.05, 3.63) is 0 Å². The van der Waals surface area contributed by atoms with Crippen LogP contribution in [0.3, 0.4) is 0 Å². The van der Waals surface area contributed by atoms with Crippen molar-refractivity contribution in [3.8, 4) is 0 Å². The summed E-state index contributed by atoms with van der Waals surface area (Å²) in [5.41, 5.74) is 0. The van der Waals surface area contributed by atoms with Gasteiger partial charge in [-0.2, -0.15) is 0 Å². The van der Waals surface area contributed by atoms with E-state index in [-0.39, 0.29) is 105 Å². The van der Waals surface area contributed by atoms with E-state index in [0.717, 1.165) is 0 Å². The van der Waals surface area contributed by atoms with Crippen LogP contribution in [0.4, 0.5) is 0 Å². The molecule has 0 atom stereocenters. The maximum absolute atomic E-state index is 0. The third kappa shape index (κ3) is 153. The average Bonchev–Trinajstić information content (AvgIpc) is 0. The fourth-order valence-corrected chi connectivity index (χ4v) is 0. The summed E-state index contributed by atoms with van der Waals surface area (Å²) in [7, 11) is 0. The molecule has 0 saturated heterocycles. The van der Waals surface area contributed by atoms with E-state index >= 15 is 0 Å². The minimum absolute atomic E-state index is 0. The normalized spacial score (nSPS) is 0. The maximum atomic E-state index is 0. The van der Waals surface area contributed by atoms with E-state index in [9.17, 15) is 0 Å². The van der Waals surface area contributed by atoms with Crippen molar-refractivity contribution in [1.82, 2.24) is 0 Å². The number of hydrogen-bond acceptors (Lipinski definition) is 0. The number of halogens is 6. The minimum atomic E-state index is 0. The van der Waals surface area contributed by atoms with E-state index < -0.39 is 0 Å². The van der Waals surface area contributed by atoms with Crippen LogP contribution in [0.15, 0.2) is 0 Å². The van der Waals surface area contributed by atoms with E-state index in [2.05, 4.69) is 0 Å². The summed E-state index contributed by atoms with van der Waals surface area (Å²) in [4.78, 5) is 0. The van der Waals surface area contributed by atoms with Crippen molar-refractivity contribution in [1.29, 1.82) is 0 Å². The van der Waals surface area contributed by atoms with Gasteiger partial charge >= 0.3 is 76.4 Å². The molecule has 0 heterocycles. The molecule has 0 nitrogen and oxygen atoms in total. The Morgan fingerprint density at radius 1 is 0.444 bits per heavy atom. The molecule has 0 amide bonds. The Labute approximate surface area is 103 Å². The fourth-order valence-electron chi connectivity index (χ4n) is 0. The molecule has 0 aliphatic rings. The van der Waals surface area contributed by atoms with E-state index in [1.165, 1.54) is 0 Å². The summed E-state index contributed by atoms with van der Waals surface area (Å²) in [6.45, 7) is 0. The van der Waals surface area contributed by atoms with Crippen LogP contribution in [-0.4, -0.2) is 57.5 Å². The zero-order valence-electron chi connectivity index (χ0n) is 4.55. The van der Waals surface area contributed by atoms with Gasteiger partial charge in [0.2, 0.25) is 0 Å². The van der Waals surface area contributed by atoms with Gasteiger partial charge in [-0.1, -0.05) is 0 Å². The fraction of sp³-hybridized carbons (Fsp3) is 0. The molecular weight excluding hydrogens is 231 g/mol. The molecule has 0 aliphatic carbocycles. The van der Waals surface area contributed by atoms with Gasteiger partial charge < -0.3 is 28.2 Å². The van der Waals surface area contributed by atoms with E-state index in [1.54, 1.807) is 0 Å². The van der Waals surface area contributed by atoms with E-state index in [1.807, 2.05) is 0 Å². The summed E-state index contributed by atoms with van der Waals surface area (Å²) < 4.78 is 0. The van der Waals surface area contributed by atoms with Gasteiger partial charge in [-0.05, 0) is 0 Å². The van der Waals surface area contributed by atoms with Crippen LogP contribution in [0.25, 0.3) is 0 Å². The Morgan fingerprint density at radius 2 is 0.444 bits per heavy atom. The summed E-state index contributed by atoms with van der Waals surface area (Å²) in [5.74, 6) is 0. The molecule has 0 N–H and O–H groups in total. The SMILES string of the molecule is [Ca+2].[F-].[F-].[F-].[F-].[F-].[F-].[Ga+3].[Li+]. The summed E-state index contributed by atoms with van der Waals surface area (Å²) in [5, 5.41) is 0. The molecule has 0 saturated carbocycles. The van der Waals surface area contributed by atoms with Crippen LogP contribution >= 0.6 is 0 Å².